The van der Waals surface area contributed by atoms with E-state index in [9.17, 15) is 0 Å². The number of nitrogens with two attached hydrogens (primary N) is 1. The molecule has 0 spiro atoms. The van der Waals surface area contributed by atoms with Crippen molar-refractivity contribution in [1.29, 1.82) is 0 Å². The molecular formula is C10H8Cl2N2O. The van der Waals surface area contributed by atoms with E-state index in [0.29, 0.717) is 33.8 Å². The molecule has 3 nitrogen and oxygen atoms in total. The van der Waals surface area contributed by atoms with Gasteiger partial charge in [-0.05, 0) is 12.1 Å². The third-order valence-corrected chi connectivity index (χ3v) is 2.56. The third-order valence-electron chi connectivity index (χ3n) is 1.93. The average molecular weight is 243 g/mol. The molecule has 0 amide bonds. The number of rotatable bonds is 2. The molecule has 1 aromatic heterocycles. The van der Waals surface area contributed by atoms with Crippen LogP contribution < -0.4 is 5.73 Å². The maximum atomic E-state index is 6.00. The highest BCUT2D eigenvalue weighted by molar-refractivity contribution is 6.38. The minimum atomic E-state index is 0.301. The van der Waals surface area contributed by atoms with E-state index in [0.717, 1.165) is 0 Å². The van der Waals surface area contributed by atoms with Crippen LogP contribution in [-0.4, -0.2) is 4.98 Å². The van der Waals surface area contributed by atoms with Gasteiger partial charge in [0, 0.05) is 0 Å². The molecule has 2 aromatic rings. The van der Waals surface area contributed by atoms with Gasteiger partial charge in [-0.15, -0.1) is 0 Å². The molecule has 0 aliphatic heterocycles. The smallest absolute Gasteiger partial charge is 0.229 e. The van der Waals surface area contributed by atoms with Crippen LogP contribution in [-0.2, 0) is 6.54 Å². The van der Waals surface area contributed by atoms with Crippen molar-refractivity contribution in [2.75, 3.05) is 0 Å². The van der Waals surface area contributed by atoms with Crippen LogP contribution in [0.1, 0.15) is 5.76 Å². The second kappa shape index (κ2) is 4.23. The predicted octanol–water partition coefficient (Wildman–Crippen LogP) is 3.11. The molecule has 0 saturated carbocycles. The first kappa shape index (κ1) is 10.5. The Morgan fingerprint density at radius 2 is 1.93 bits per heavy atom. The maximum absolute atomic E-state index is 6.00. The molecule has 15 heavy (non-hydrogen) atoms. The van der Waals surface area contributed by atoms with Crippen molar-refractivity contribution in [1.82, 2.24) is 4.98 Å². The summed E-state index contributed by atoms with van der Waals surface area (Å²) in [4.78, 5) is 4.06. The van der Waals surface area contributed by atoms with Gasteiger partial charge in [-0.1, -0.05) is 29.3 Å². The summed E-state index contributed by atoms with van der Waals surface area (Å²) >= 11 is 12.0. The molecule has 78 valence electrons. The summed E-state index contributed by atoms with van der Waals surface area (Å²) in [5, 5.41) is 1.01. The minimum absolute atomic E-state index is 0.301. The zero-order valence-electron chi connectivity index (χ0n) is 7.71. The van der Waals surface area contributed by atoms with Crippen molar-refractivity contribution < 1.29 is 4.42 Å². The Morgan fingerprint density at radius 3 is 2.47 bits per heavy atom. The van der Waals surface area contributed by atoms with Gasteiger partial charge in [-0.3, -0.25) is 0 Å². The lowest BCUT2D eigenvalue weighted by Gasteiger charge is -2.01. The van der Waals surface area contributed by atoms with E-state index in [1.165, 1.54) is 0 Å². The predicted molar refractivity (Wildman–Crippen MR) is 59.9 cm³/mol. The summed E-state index contributed by atoms with van der Waals surface area (Å²) in [6.07, 6.45) is 1.56. The van der Waals surface area contributed by atoms with Crippen LogP contribution in [0.5, 0.6) is 0 Å². The van der Waals surface area contributed by atoms with Gasteiger partial charge in [0.2, 0.25) is 5.89 Å². The van der Waals surface area contributed by atoms with Gasteiger partial charge >= 0.3 is 0 Å². The van der Waals surface area contributed by atoms with E-state index in [-0.39, 0.29) is 0 Å². The summed E-state index contributed by atoms with van der Waals surface area (Å²) in [6.45, 7) is 0.301. The van der Waals surface area contributed by atoms with Crippen molar-refractivity contribution in [3.63, 3.8) is 0 Å². The zero-order valence-corrected chi connectivity index (χ0v) is 9.22. The Bertz CT molecular complexity index is 462. The number of aromatic nitrogens is 1. The van der Waals surface area contributed by atoms with Gasteiger partial charge in [-0.2, -0.15) is 0 Å². The number of halogens is 2. The molecule has 0 aliphatic rings. The van der Waals surface area contributed by atoms with E-state index < -0.39 is 0 Å². The van der Waals surface area contributed by atoms with Crippen molar-refractivity contribution in [3.8, 4) is 11.5 Å². The highest BCUT2D eigenvalue weighted by atomic mass is 35.5. The van der Waals surface area contributed by atoms with Gasteiger partial charge < -0.3 is 10.2 Å². The molecular weight excluding hydrogens is 235 g/mol. The van der Waals surface area contributed by atoms with Crippen molar-refractivity contribution in [2.24, 2.45) is 5.73 Å². The lowest BCUT2D eigenvalue weighted by atomic mass is 10.2. The largest absolute Gasteiger partial charge is 0.440 e. The summed E-state index contributed by atoms with van der Waals surface area (Å²) in [5.74, 6) is 0.993. The fourth-order valence-corrected chi connectivity index (χ4v) is 1.78. The normalized spacial score (nSPS) is 10.6. The van der Waals surface area contributed by atoms with Gasteiger partial charge in [0.25, 0.3) is 0 Å². The van der Waals surface area contributed by atoms with Gasteiger partial charge in [0.1, 0.15) is 5.76 Å². The SMILES string of the molecule is NCc1cnc(-c2c(Cl)cccc2Cl)o1. The molecule has 0 radical (unpaired) electrons. The van der Waals surface area contributed by atoms with Crippen LogP contribution in [0, 0.1) is 0 Å². The van der Waals surface area contributed by atoms with Crippen LogP contribution in [0.2, 0.25) is 10.0 Å². The highest BCUT2D eigenvalue weighted by Gasteiger charge is 2.13. The lowest BCUT2D eigenvalue weighted by Crippen LogP contribution is -1.92. The summed E-state index contributed by atoms with van der Waals surface area (Å²) in [5.41, 5.74) is 6.02. The molecule has 0 fully saturated rings. The van der Waals surface area contributed by atoms with Crippen LogP contribution in [0.15, 0.2) is 28.8 Å². The molecule has 0 aliphatic carbocycles. The molecule has 0 unspecified atom stereocenters. The first-order valence-electron chi connectivity index (χ1n) is 4.31. The summed E-state index contributed by atoms with van der Waals surface area (Å²) < 4.78 is 5.38. The minimum Gasteiger partial charge on any atom is -0.440 e. The number of nitrogens with zero attached hydrogens (tertiary/aromatic N) is 1. The Kier molecular flexibility index (Phi) is 2.95. The van der Waals surface area contributed by atoms with Crippen LogP contribution in [0.3, 0.4) is 0 Å². The van der Waals surface area contributed by atoms with Gasteiger partial charge in [0.15, 0.2) is 0 Å². The lowest BCUT2D eigenvalue weighted by molar-refractivity contribution is 0.521. The highest BCUT2D eigenvalue weighted by Crippen LogP contribution is 2.33. The number of hydrogen-bond acceptors (Lipinski definition) is 3. The van der Waals surface area contributed by atoms with Crippen LogP contribution >= 0.6 is 23.2 Å². The van der Waals surface area contributed by atoms with E-state index in [2.05, 4.69) is 4.98 Å². The topological polar surface area (TPSA) is 52.0 Å². The van der Waals surface area contributed by atoms with Gasteiger partial charge in [0.05, 0.1) is 28.4 Å². The molecule has 1 heterocycles. The van der Waals surface area contributed by atoms with Gasteiger partial charge in [-0.25, -0.2) is 4.98 Å². The number of hydrogen-bond donors (Lipinski definition) is 1. The van der Waals surface area contributed by atoms with E-state index in [1.807, 2.05) is 0 Å². The molecule has 1 aromatic carbocycles. The van der Waals surface area contributed by atoms with Crippen molar-refractivity contribution in [2.45, 2.75) is 6.54 Å². The van der Waals surface area contributed by atoms with Crippen LogP contribution in [0.4, 0.5) is 0 Å². The second-order valence-corrected chi connectivity index (χ2v) is 3.75. The zero-order chi connectivity index (χ0) is 10.8. The Hall–Kier alpha value is -1.03. The molecule has 2 N–H and O–H groups in total. The summed E-state index contributed by atoms with van der Waals surface area (Å²) in [6, 6.07) is 5.23. The van der Waals surface area contributed by atoms with Crippen molar-refractivity contribution in [3.05, 3.63) is 40.2 Å². The number of benzene rings is 1. The molecule has 2 rings (SSSR count). The fraction of sp³-hybridized carbons (Fsp3) is 0.100. The van der Waals surface area contributed by atoms with Crippen molar-refractivity contribution >= 4 is 23.2 Å². The van der Waals surface area contributed by atoms with Crippen LogP contribution in [0.25, 0.3) is 11.5 Å². The first-order valence-corrected chi connectivity index (χ1v) is 5.07. The monoisotopic (exact) mass is 242 g/mol. The molecule has 5 heteroatoms. The second-order valence-electron chi connectivity index (χ2n) is 2.93. The molecule has 0 atom stereocenters. The number of oxazole rings is 1. The standard InChI is InChI=1S/C10H8Cl2N2O/c11-7-2-1-3-8(12)9(7)10-14-5-6(4-13)15-10/h1-3,5H,4,13H2. The summed E-state index contributed by atoms with van der Waals surface area (Å²) in [7, 11) is 0. The first-order chi connectivity index (χ1) is 7.22. The van der Waals surface area contributed by atoms with E-state index >= 15 is 0 Å². The molecule has 0 bridgehead atoms. The quantitative estimate of drug-likeness (QED) is 0.881. The Labute approximate surface area is 96.8 Å². The average Bonchev–Trinajstić information content (AvgIpc) is 2.66. The van der Waals surface area contributed by atoms with E-state index in [4.69, 9.17) is 33.4 Å². The third kappa shape index (κ3) is 2.00. The fourth-order valence-electron chi connectivity index (χ4n) is 1.22. The Balaban J connectivity index is 2.53. The van der Waals surface area contributed by atoms with E-state index in [1.54, 1.807) is 24.4 Å². The Morgan fingerprint density at radius 1 is 1.27 bits per heavy atom. The molecule has 0 saturated heterocycles. The maximum Gasteiger partial charge on any atom is 0.229 e.